The van der Waals surface area contributed by atoms with Gasteiger partial charge in [-0.25, -0.2) is 9.59 Å². The third-order valence-corrected chi connectivity index (χ3v) is 1.27. The summed E-state index contributed by atoms with van der Waals surface area (Å²) in [6, 6.07) is 0. The summed E-state index contributed by atoms with van der Waals surface area (Å²) in [4.78, 5) is 42.3. The maximum atomic E-state index is 10.8. The van der Waals surface area contributed by atoms with E-state index in [4.69, 9.17) is 10.2 Å². The monoisotopic (exact) mass is 294 g/mol. The molecule has 0 aromatic heterocycles. The number of rotatable bonds is 3. The average Bonchev–Trinajstić information content (AvgIpc) is 2.13. The second kappa shape index (κ2) is 10.2. The largest absolute Gasteiger partial charge is 0.391 e. The number of hydrogen-bond acceptors (Lipinski definition) is 8. The molecule has 2 unspecified atom stereocenters. The molecule has 0 fully saturated rings. The molecular weight excluding hydrogens is 278 g/mol. The van der Waals surface area contributed by atoms with Crippen LogP contribution in [0, 0.1) is 0 Å². The van der Waals surface area contributed by atoms with E-state index in [2.05, 4.69) is 9.47 Å². The molecule has 2 N–H and O–H groups in total. The second-order valence-electron chi connectivity index (χ2n) is 2.72. The molecule has 10 heteroatoms. The van der Waals surface area contributed by atoms with Crippen LogP contribution in [0.3, 0.4) is 0 Å². The van der Waals surface area contributed by atoms with Crippen LogP contribution in [-0.4, -0.2) is 81.0 Å². The van der Waals surface area contributed by atoms with Gasteiger partial charge in [-0.15, -0.1) is 0 Å². The van der Waals surface area contributed by atoms with Crippen molar-refractivity contribution in [3.63, 3.8) is 0 Å². The Kier molecular flexibility index (Phi) is 12.7. The van der Waals surface area contributed by atoms with Gasteiger partial charge in [-0.05, 0) is 0 Å². The van der Waals surface area contributed by atoms with Crippen LogP contribution >= 0.6 is 0 Å². The lowest BCUT2D eigenvalue weighted by Gasteiger charge is -2.13. The topological polar surface area (TPSA) is 127 Å². The van der Waals surface area contributed by atoms with Crippen LogP contribution in [0.5, 0.6) is 0 Å². The van der Waals surface area contributed by atoms with E-state index in [0.29, 0.717) is 0 Å². The number of aliphatic hydroxyl groups is 2. The first-order chi connectivity index (χ1) is 7.25. The van der Waals surface area contributed by atoms with Crippen molar-refractivity contribution in [2.24, 2.45) is 0 Å². The Morgan fingerprint density at radius 1 is 0.778 bits per heavy atom. The Morgan fingerprint density at radius 2 is 1.00 bits per heavy atom. The highest BCUT2D eigenvalue weighted by Crippen LogP contribution is 2.00. The van der Waals surface area contributed by atoms with Crippen LogP contribution < -0.4 is 0 Å². The molecule has 2 atom stereocenters. The molecule has 0 amide bonds. The third kappa shape index (κ3) is 8.37. The Morgan fingerprint density at radius 3 is 1.17 bits per heavy atom. The fourth-order valence-corrected chi connectivity index (χ4v) is 0.662. The zero-order valence-corrected chi connectivity index (χ0v) is 8.50. The molecule has 18 heavy (non-hydrogen) atoms. The molecule has 0 spiro atoms. The average molecular weight is 294 g/mol. The van der Waals surface area contributed by atoms with Gasteiger partial charge in [-0.3, -0.25) is 9.59 Å². The minimum absolute atomic E-state index is 0. The van der Waals surface area contributed by atoms with E-state index in [1.54, 1.807) is 0 Å². The van der Waals surface area contributed by atoms with E-state index in [1.165, 1.54) is 0 Å². The number of carbonyl (C=O) groups is 4. The number of ether oxygens (including phenoxy) is 2. The van der Waals surface area contributed by atoms with Crippen LogP contribution in [0.15, 0.2) is 0 Å². The first-order valence-corrected chi connectivity index (χ1v) is 4.06. The first kappa shape index (κ1) is 22.4. The number of esters is 4. The van der Waals surface area contributed by atoms with Gasteiger partial charge in [0.25, 0.3) is 0 Å². The molecule has 0 saturated carbocycles. The standard InChI is InChI=1S/C8H10O8.2Al.6H/c1-3(9)15-7(13)5(11)6(12)8(14)16-4(2)10;;;;;;;;/h5-6,11-12H,1-2H3;;;;;;;;. The third-order valence-electron chi connectivity index (χ3n) is 1.27. The fourth-order valence-electron chi connectivity index (χ4n) is 0.662. The van der Waals surface area contributed by atoms with Crippen molar-refractivity contribution in [3.05, 3.63) is 0 Å². The summed E-state index contributed by atoms with van der Waals surface area (Å²) in [7, 11) is 0. The Bertz CT molecular complexity index is 297. The minimum Gasteiger partial charge on any atom is -0.391 e. The molecule has 0 aliphatic heterocycles. The van der Waals surface area contributed by atoms with Crippen LogP contribution in [0.2, 0.25) is 0 Å². The van der Waals surface area contributed by atoms with Gasteiger partial charge in [0.2, 0.25) is 0 Å². The lowest BCUT2D eigenvalue weighted by Crippen LogP contribution is -2.42. The predicted molar refractivity (Wildman–Crippen MR) is 65.4 cm³/mol. The van der Waals surface area contributed by atoms with Crippen LogP contribution in [-0.2, 0) is 28.7 Å². The first-order valence-electron chi connectivity index (χ1n) is 4.06. The lowest BCUT2D eigenvalue weighted by molar-refractivity contribution is -0.179. The molecule has 102 valence electrons. The van der Waals surface area contributed by atoms with Gasteiger partial charge >= 0.3 is 23.9 Å². The molecule has 0 radical (unpaired) electrons. The van der Waals surface area contributed by atoms with Crippen molar-refractivity contribution in [3.8, 4) is 0 Å². The van der Waals surface area contributed by atoms with Gasteiger partial charge in [0.05, 0.1) is 0 Å². The van der Waals surface area contributed by atoms with Crippen molar-refractivity contribution in [1.29, 1.82) is 0 Å². The summed E-state index contributed by atoms with van der Waals surface area (Å²) in [6.45, 7) is 1.79. The molecule has 0 heterocycles. The highest BCUT2D eigenvalue weighted by atomic mass is 27.0. The highest BCUT2D eigenvalue weighted by molar-refractivity contribution is 5.93. The van der Waals surface area contributed by atoms with Gasteiger partial charge < -0.3 is 19.7 Å². The number of hydrogen-bond donors (Lipinski definition) is 2. The molecule has 0 saturated heterocycles. The SMILES string of the molecule is CC(=O)OC(=O)C(O)C(O)C(=O)OC(C)=O.[AlH3].[AlH3]. The lowest BCUT2D eigenvalue weighted by atomic mass is 10.2. The summed E-state index contributed by atoms with van der Waals surface area (Å²) in [6.07, 6.45) is -4.59. The Balaban J connectivity index is -0.00000112. The van der Waals surface area contributed by atoms with E-state index in [0.717, 1.165) is 13.8 Å². The van der Waals surface area contributed by atoms with Crippen molar-refractivity contribution in [1.82, 2.24) is 0 Å². The zero-order chi connectivity index (χ0) is 12.9. The normalized spacial score (nSPS) is 12.0. The summed E-state index contributed by atoms with van der Waals surface area (Å²) in [5.74, 6) is -5.06. The fraction of sp³-hybridized carbons (Fsp3) is 0.500. The van der Waals surface area contributed by atoms with Gasteiger partial charge in [0.1, 0.15) is 0 Å². The van der Waals surface area contributed by atoms with E-state index >= 15 is 0 Å². The summed E-state index contributed by atoms with van der Waals surface area (Å²) in [5.41, 5.74) is 0. The van der Waals surface area contributed by atoms with E-state index in [1.807, 2.05) is 0 Å². The molecule has 0 aromatic rings. The molecule has 0 aliphatic rings. The summed E-state index contributed by atoms with van der Waals surface area (Å²) < 4.78 is 7.82. The molecule has 8 nitrogen and oxygen atoms in total. The molecule has 0 aromatic carbocycles. The Hall–Kier alpha value is -0.735. The summed E-state index contributed by atoms with van der Waals surface area (Å²) >= 11 is 0. The van der Waals surface area contributed by atoms with Gasteiger partial charge in [-0.1, -0.05) is 0 Å². The predicted octanol–water partition coefficient (Wildman–Crippen LogP) is -4.48. The van der Waals surface area contributed by atoms with Crippen molar-refractivity contribution in [2.75, 3.05) is 0 Å². The van der Waals surface area contributed by atoms with Gasteiger partial charge in [0.15, 0.2) is 46.9 Å². The highest BCUT2D eigenvalue weighted by Gasteiger charge is 2.34. The van der Waals surface area contributed by atoms with Crippen LogP contribution in [0.1, 0.15) is 13.8 Å². The molecular formula is C8H16Al2O8. The Labute approximate surface area is 124 Å². The van der Waals surface area contributed by atoms with Gasteiger partial charge in [0, 0.05) is 13.8 Å². The van der Waals surface area contributed by atoms with E-state index in [-0.39, 0.29) is 34.7 Å². The van der Waals surface area contributed by atoms with E-state index in [9.17, 15) is 19.2 Å². The second-order valence-corrected chi connectivity index (χ2v) is 2.72. The molecule has 0 rings (SSSR count). The smallest absolute Gasteiger partial charge is 0.345 e. The molecule has 0 bridgehead atoms. The maximum absolute atomic E-state index is 10.8. The van der Waals surface area contributed by atoms with Crippen LogP contribution in [0.4, 0.5) is 0 Å². The number of aliphatic hydroxyl groups excluding tert-OH is 2. The molecule has 0 aliphatic carbocycles. The summed E-state index contributed by atoms with van der Waals surface area (Å²) in [5, 5.41) is 18.1. The van der Waals surface area contributed by atoms with Crippen molar-refractivity contribution >= 4 is 58.6 Å². The van der Waals surface area contributed by atoms with Crippen molar-refractivity contribution in [2.45, 2.75) is 26.1 Å². The number of carbonyl (C=O) groups excluding carboxylic acids is 4. The van der Waals surface area contributed by atoms with E-state index < -0.39 is 36.1 Å². The zero-order valence-electron chi connectivity index (χ0n) is 8.50. The van der Waals surface area contributed by atoms with Crippen LogP contribution in [0.25, 0.3) is 0 Å². The maximum Gasteiger partial charge on any atom is 0.345 e. The van der Waals surface area contributed by atoms with Crippen molar-refractivity contribution < 1.29 is 38.9 Å². The quantitative estimate of drug-likeness (QED) is 0.303. The van der Waals surface area contributed by atoms with Gasteiger partial charge in [-0.2, -0.15) is 0 Å². The minimum atomic E-state index is -2.30.